The van der Waals surface area contributed by atoms with E-state index in [1.54, 1.807) is 6.92 Å². The van der Waals surface area contributed by atoms with Crippen LogP contribution in [0.15, 0.2) is 24.3 Å². The molecule has 94 valence electrons. The summed E-state index contributed by atoms with van der Waals surface area (Å²) in [6, 6.07) is 7.75. The molecule has 17 heavy (non-hydrogen) atoms. The van der Waals surface area contributed by atoms with Crippen molar-refractivity contribution in [1.29, 1.82) is 0 Å². The zero-order valence-electron chi connectivity index (χ0n) is 10.9. The van der Waals surface area contributed by atoms with Gasteiger partial charge in [0.2, 0.25) is 0 Å². The molecular formula is C14H22N2O. The van der Waals surface area contributed by atoms with Crippen LogP contribution >= 0.6 is 0 Å². The fourth-order valence-corrected chi connectivity index (χ4v) is 1.84. The van der Waals surface area contributed by atoms with E-state index < -0.39 is 0 Å². The second-order valence-corrected chi connectivity index (χ2v) is 4.74. The van der Waals surface area contributed by atoms with Gasteiger partial charge in [0.05, 0.1) is 0 Å². The molecular weight excluding hydrogens is 212 g/mol. The lowest BCUT2D eigenvalue weighted by atomic mass is 10.1. The highest BCUT2D eigenvalue weighted by molar-refractivity contribution is 5.94. The molecule has 3 heteroatoms. The Morgan fingerprint density at radius 2 is 2.12 bits per heavy atom. The Labute approximate surface area is 104 Å². The average Bonchev–Trinajstić information content (AvgIpc) is 2.28. The summed E-state index contributed by atoms with van der Waals surface area (Å²) in [5, 5.41) is 0. The van der Waals surface area contributed by atoms with Gasteiger partial charge in [0.15, 0.2) is 5.78 Å². The third kappa shape index (κ3) is 4.19. The number of rotatable bonds is 6. The Kier molecular flexibility index (Phi) is 5.16. The SMILES string of the molecule is CC(=O)c1cccc(N(CCN)CC(C)C)c1. The third-order valence-corrected chi connectivity index (χ3v) is 2.60. The molecule has 0 saturated carbocycles. The van der Waals surface area contributed by atoms with Gasteiger partial charge in [0.25, 0.3) is 0 Å². The first-order valence-electron chi connectivity index (χ1n) is 6.10. The van der Waals surface area contributed by atoms with Crippen molar-refractivity contribution in [1.82, 2.24) is 0 Å². The molecule has 1 rings (SSSR count). The van der Waals surface area contributed by atoms with E-state index in [1.807, 2.05) is 24.3 Å². The van der Waals surface area contributed by atoms with Gasteiger partial charge in [-0.2, -0.15) is 0 Å². The Balaban J connectivity index is 2.92. The van der Waals surface area contributed by atoms with Crippen molar-refractivity contribution in [2.24, 2.45) is 11.7 Å². The number of ketones is 1. The number of hydrogen-bond donors (Lipinski definition) is 1. The van der Waals surface area contributed by atoms with Gasteiger partial charge in [-0.25, -0.2) is 0 Å². The molecule has 0 heterocycles. The normalized spacial score (nSPS) is 10.6. The van der Waals surface area contributed by atoms with Gasteiger partial charge in [-0.1, -0.05) is 26.0 Å². The average molecular weight is 234 g/mol. The molecule has 0 aliphatic heterocycles. The maximum absolute atomic E-state index is 11.4. The van der Waals surface area contributed by atoms with Crippen molar-refractivity contribution < 1.29 is 4.79 Å². The van der Waals surface area contributed by atoms with Crippen molar-refractivity contribution in [3.05, 3.63) is 29.8 Å². The number of anilines is 1. The highest BCUT2D eigenvalue weighted by atomic mass is 16.1. The van der Waals surface area contributed by atoms with Crippen molar-refractivity contribution >= 4 is 11.5 Å². The lowest BCUT2D eigenvalue weighted by Gasteiger charge is -2.26. The van der Waals surface area contributed by atoms with Crippen LogP contribution in [0, 0.1) is 5.92 Å². The summed E-state index contributed by atoms with van der Waals surface area (Å²) in [7, 11) is 0. The maximum Gasteiger partial charge on any atom is 0.159 e. The fourth-order valence-electron chi connectivity index (χ4n) is 1.84. The van der Waals surface area contributed by atoms with E-state index in [2.05, 4.69) is 18.7 Å². The molecule has 0 bridgehead atoms. The van der Waals surface area contributed by atoms with Crippen molar-refractivity contribution in [2.45, 2.75) is 20.8 Å². The number of nitrogens with zero attached hydrogens (tertiary/aromatic N) is 1. The summed E-state index contributed by atoms with van der Waals surface area (Å²) >= 11 is 0. The smallest absolute Gasteiger partial charge is 0.159 e. The van der Waals surface area contributed by atoms with Gasteiger partial charge in [-0.05, 0) is 25.0 Å². The summed E-state index contributed by atoms with van der Waals surface area (Å²) in [5.74, 6) is 0.673. The standard InChI is InChI=1S/C14H22N2O/c1-11(2)10-16(8-7-15)14-6-4-5-13(9-14)12(3)17/h4-6,9,11H,7-8,10,15H2,1-3H3. The van der Waals surface area contributed by atoms with Crippen LogP contribution < -0.4 is 10.6 Å². The van der Waals surface area contributed by atoms with Gasteiger partial charge >= 0.3 is 0 Å². The molecule has 0 fully saturated rings. The molecule has 0 aromatic heterocycles. The largest absolute Gasteiger partial charge is 0.370 e. The highest BCUT2D eigenvalue weighted by Gasteiger charge is 2.09. The minimum absolute atomic E-state index is 0.101. The minimum Gasteiger partial charge on any atom is -0.370 e. The van der Waals surface area contributed by atoms with Crippen LogP contribution in [-0.4, -0.2) is 25.4 Å². The van der Waals surface area contributed by atoms with Gasteiger partial charge in [0.1, 0.15) is 0 Å². The van der Waals surface area contributed by atoms with Crippen LogP contribution in [0.2, 0.25) is 0 Å². The molecule has 0 amide bonds. The quantitative estimate of drug-likeness (QED) is 0.768. The Hall–Kier alpha value is -1.35. The summed E-state index contributed by atoms with van der Waals surface area (Å²) in [6.45, 7) is 8.35. The second-order valence-electron chi connectivity index (χ2n) is 4.74. The molecule has 0 spiro atoms. The number of carbonyl (C=O) groups is 1. The van der Waals surface area contributed by atoms with E-state index in [9.17, 15) is 4.79 Å². The highest BCUT2D eigenvalue weighted by Crippen LogP contribution is 2.17. The van der Waals surface area contributed by atoms with Crippen LogP contribution in [0.3, 0.4) is 0 Å². The molecule has 0 aliphatic carbocycles. The van der Waals surface area contributed by atoms with Crippen molar-refractivity contribution in [3.63, 3.8) is 0 Å². The zero-order chi connectivity index (χ0) is 12.8. The fraction of sp³-hybridized carbons (Fsp3) is 0.500. The Morgan fingerprint density at radius 1 is 1.41 bits per heavy atom. The van der Waals surface area contributed by atoms with E-state index in [-0.39, 0.29) is 5.78 Å². The first-order chi connectivity index (χ1) is 8.04. The summed E-state index contributed by atoms with van der Waals surface area (Å²) < 4.78 is 0. The van der Waals surface area contributed by atoms with E-state index in [0.29, 0.717) is 12.5 Å². The summed E-state index contributed by atoms with van der Waals surface area (Å²) in [6.07, 6.45) is 0. The number of nitrogens with two attached hydrogens (primary N) is 1. The molecule has 2 N–H and O–H groups in total. The van der Waals surface area contributed by atoms with Crippen molar-refractivity contribution in [3.8, 4) is 0 Å². The lowest BCUT2D eigenvalue weighted by Crippen LogP contribution is -2.32. The Morgan fingerprint density at radius 3 is 2.65 bits per heavy atom. The minimum atomic E-state index is 0.101. The number of Topliss-reactive ketones (excluding diaryl/α,β-unsaturated/α-hetero) is 1. The van der Waals surface area contributed by atoms with E-state index >= 15 is 0 Å². The molecule has 3 nitrogen and oxygen atoms in total. The van der Waals surface area contributed by atoms with E-state index in [0.717, 1.165) is 24.3 Å². The molecule has 0 atom stereocenters. The first kappa shape index (κ1) is 13.7. The van der Waals surface area contributed by atoms with Crippen LogP contribution in [-0.2, 0) is 0 Å². The molecule has 0 radical (unpaired) electrons. The van der Waals surface area contributed by atoms with E-state index in [4.69, 9.17) is 5.73 Å². The monoisotopic (exact) mass is 234 g/mol. The second kappa shape index (κ2) is 6.40. The third-order valence-electron chi connectivity index (χ3n) is 2.60. The van der Waals surface area contributed by atoms with Crippen LogP contribution in [0.4, 0.5) is 5.69 Å². The molecule has 1 aromatic carbocycles. The zero-order valence-corrected chi connectivity index (χ0v) is 10.9. The topological polar surface area (TPSA) is 46.3 Å². The predicted octanol–water partition coefficient (Wildman–Crippen LogP) is 2.31. The van der Waals surface area contributed by atoms with Gasteiger partial charge in [0, 0.05) is 30.9 Å². The molecule has 1 aromatic rings. The number of benzene rings is 1. The van der Waals surface area contributed by atoms with Crippen LogP contribution in [0.25, 0.3) is 0 Å². The van der Waals surface area contributed by atoms with Gasteiger partial charge in [-0.15, -0.1) is 0 Å². The van der Waals surface area contributed by atoms with Gasteiger partial charge in [-0.3, -0.25) is 4.79 Å². The predicted molar refractivity (Wildman–Crippen MR) is 72.6 cm³/mol. The van der Waals surface area contributed by atoms with Crippen LogP contribution in [0.5, 0.6) is 0 Å². The Bertz CT molecular complexity index is 374. The van der Waals surface area contributed by atoms with Crippen molar-refractivity contribution in [2.75, 3.05) is 24.5 Å². The summed E-state index contributed by atoms with van der Waals surface area (Å²) in [4.78, 5) is 13.6. The number of carbonyl (C=O) groups excluding carboxylic acids is 1. The van der Waals surface area contributed by atoms with Crippen LogP contribution in [0.1, 0.15) is 31.1 Å². The van der Waals surface area contributed by atoms with Gasteiger partial charge < -0.3 is 10.6 Å². The first-order valence-corrected chi connectivity index (χ1v) is 6.10. The number of hydrogen-bond acceptors (Lipinski definition) is 3. The summed E-state index contributed by atoms with van der Waals surface area (Å²) in [5.41, 5.74) is 7.47. The molecule has 0 saturated heterocycles. The lowest BCUT2D eigenvalue weighted by molar-refractivity contribution is 0.101. The van der Waals surface area contributed by atoms with E-state index in [1.165, 1.54) is 0 Å². The maximum atomic E-state index is 11.4. The molecule has 0 aliphatic rings. The molecule has 0 unspecified atom stereocenters.